The molecule has 4 nitrogen and oxygen atoms in total. The first kappa shape index (κ1) is 21.0. The topological polar surface area (TPSA) is 51.4 Å². The maximum Gasteiger partial charge on any atom is 0.271 e. The molecular weight excluding hydrogens is 447 g/mol. The van der Waals surface area contributed by atoms with Gasteiger partial charge in [-0.15, -0.1) is 0 Å². The Bertz CT molecular complexity index is 1480. The predicted molar refractivity (Wildman–Crippen MR) is 124 cm³/mol. The number of carbonyl (C=O) groups excluding carboxylic acids is 1. The first-order chi connectivity index (χ1) is 15.2. The third-order valence-electron chi connectivity index (χ3n) is 5.89. The minimum Gasteiger partial charge on any atom is -0.294 e. The van der Waals surface area contributed by atoms with E-state index in [-0.39, 0.29) is 16.8 Å². The van der Waals surface area contributed by atoms with E-state index < -0.39 is 11.9 Å². The van der Waals surface area contributed by atoms with Crippen molar-refractivity contribution in [3.63, 3.8) is 0 Å². The highest BCUT2D eigenvalue weighted by molar-refractivity contribution is 7.07. The summed E-state index contributed by atoms with van der Waals surface area (Å²) in [4.78, 5) is 32.0. The standard InChI is InChI=1S/C25H20ClFN2O2S/c1-25(2)12-18-21(19(30)13-25)22(15-8-4-5-9-16(15)26)29-23(31)20(32-24(29)28-18)11-14-7-3-6-10-17(14)27/h3-11,22H,12-13H2,1-2H3. The van der Waals surface area contributed by atoms with E-state index >= 15 is 0 Å². The molecule has 162 valence electrons. The molecule has 0 bridgehead atoms. The van der Waals surface area contributed by atoms with Crippen LogP contribution in [0, 0.1) is 11.2 Å². The fraction of sp³-hybridized carbons (Fsp3) is 0.240. The van der Waals surface area contributed by atoms with Crippen molar-refractivity contribution in [2.75, 3.05) is 0 Å². The van der Waals surface area contributed by atoms with Crippen molar-refractivity contribution in [1.29, 1.82) is 0 Å². The van der Waals surface area contributed by atoms with E-state index in [0.29, 0.717) is 49.6 Å². The molecule has 0 fully saturated rings. The smallest absolute Gasteiger partial charge is 0.271 e. The summed E-state index contributed by atoms with van der Waals surface area (Å²) in [6.45, 7) is 4.09. The quantitative estimate of drug-likeness (QED) is 0.562. The largest absolute Gasteiger partial charge is 0.294 e. The fourth-order valence-electron chi connectivity index (χ4n) is 4.47. The number of nitrogens with zero attached hydrogens (tertiary/aromatic N) is 2. The van der Waals surface area contributed by atoms with Crippen LogP contribution in [-0.4, -0.2) is 10.4 Å². The van der Waals surface area contributed by atoms with Crippen LogP contribution in [0.4, 0.5) is 4.39 Å². The lowest BCUT2D eigenvalue weighted by molar-refractivity contribution is -0.118. The molecule has 0 saturated heterocycles. The summed E-state index contributed by atoms with van der Waals surface area (Å²) in [5.74, 6) is -0.425. The highest BCUT2D eigenvalue weighted by Crippen LogP contribution is 2.44. The normalized spacial score (nSPS) is 20.1. The monoisotopic (exact) mass is 466 g/mol. The number of rotatable bonds is 2. The van der Waals surface area contributed by atoms with Crippen molar-refractivity contribution in [2.24, 2.45) is 10.4 Å². The summed E-state index contributed by atoms with van der Waals surface area (Å²) < 4.78 is 16.1. The van der Waals surface area contributed by atoms with Gasteiger partial charge in [0.2, 0.25) is 0 Å². The molecule has 1 atom stereocenters. The molecule has 32 heavy (non-hydrogen) atoms. The van der Waals surface area contributed by atoms with Gasteiger partial charge in [-0.3, -0.25) is 14.2 Å². The second kappa shape index (κ2) is 7.64. The lowest BCUT2D eigenvalue weighted by Crippen LogP contribution is -2.42. The van der Waals surface area contributed by atoms with Gasteiger partial charge in [0.15, 0.2) is 10.6 Å². The molecule has 1 aromatic heterocycles. The number of halogens is 2. The lowest BCUT2D eigenvalue weighted by atomic mass is 9.73. The average Bonchev–Trinajstić information content (AvgIpc) is 3.03. The summed E-state index contributed by atoms with van der Waals surface area (Å²) in [6.07, 6.45) is 2.55. The van der Waals surface area contributed by atoms with Gasteiger partial charge in [-0.1, -0.05) is 73.2 Å². The van der Waals surface area contributed by atoms with Crippen molar-refractivity contribution in [3.8, 4) is 0 Å². The summed E-state index contributed by atoms with van der Waals surface area (Å²) in [7, 11) is 0. The lowest BCUT2D eigenvalue weighted by Gasteiger charge is -2.35. The van der Waals surface area contributed by atoms with Crippen molar-refractivity contribution >= 4 is 34.8 Å². The van der Waals surface area contributed by atoms with Crippen LogP contribution in [0.2, 0.25) is 5.02 Å². The first-order valence-electron chi connectivity index (χ1n) is 10.3. The molecule has 5 rings (SSSR count). The maximum atomic E-state index is 14.2. The molecule has 3 aromatic rings. The fourth-order valence-corrected chi connectivity index (χ4v) is 5.72. The third kappa shape index (κ3) is 3.48. The molecule has 0 N–H and O–H groups in total. The zero-order valence-electron chi connectivity index (χ0n) is 17.6. The van der Waals surface area contributed by atoms with Crippen LogP contribution in [0.25, 0.3) is 6.08 Å². The van der Waals surface area contributed by atoms with Gasteiger partial charge in [-0.05, 0) is 35.6 Å². The Morgan fingerprint density at radius 1 is 1.12 bits per heavy atom. The Morgan fingerprint density at radius 3 is 2.59 bits per heavy atom. The number of hydrogen-bond acceptors (Lipinski definition) is 4. The van der Waals surface area contributed by atoms with Gasteiger partial charge in [-0.2, -0.15) is 0 Å². The van der Waals surface area contributed by atoms with Crippen LogP contribution in [0.1, 0.15) is 43.9 Å². The minimum absolute atomic E-state index is 0.0201. The molecule has 1 unspecified atom stereocenters. The van der Waals surface area contributed by atoms with Crippen molar-refractivity contribution in [1.82, 2.24) is 4.57 Å². The molecule has 2 aromatic carbocycles. The van der Waals surface area contributed by atoms with E-state index in [2.05, 4.69) is 0 Å². The van der Waals surface area contributed by atoms with Gasteiger partial charge in [0.25, 0.3) is 5.56 Å². The van der Waals surface area contributed by atoms with E-state index in [1.807, 2.05) is 32.0 Å². The van der Waals surface area contributed by atoms with E-state index in [1.54, 1.807) is 24.3 Å². The number of Topliss-reactive ketones (excluding diaryl/α,β-unsaturated/α-hetero) is 1. The van der Waals surface area contributed by atoms with Gasteiger partial charge in [0.1, 0.15) is 5.82 Å². The van der Waals surface area contributed by atoms with Crippen LogP contribution in [-0.2, 0) is 4.79 Å². The van der Waals surface area contributed by atoms with E-state index in [9.17, 15) is 14.0 Å². The Kier molecular flexibility index (Phi) is 5.02. The number of benzene rings is 2. The number of thiazole rings is 1. The number of allylic oxidation sites excluding steroid dienone is 2. The van der Waals surface area contributed by atoms with Crippen LogP contribution >= 0.6 is 22.9 Å². The minimum atomic E-state index is -0.652. The van der Waals surface area contributed by atoms with Crippen LogP contribution in [0.15, 0.2) is 69.6 Å². The Balaban J connectivity index is 1.81. The third-order valence-corrected chi connectivity index (χ3v) is 7.21. The summed E-state index contributed by atoms with van der Waals surface area (Å²) in [5.41, 5.74) is 1.71. The van der Waals surface area contributed by atoms with Crippen molar-refractivity contribution in [2.45, 2.75) is 32.7 Å². The van der Waals surface area contributed by atoms with E-state index in [0.717, 1.165) is 0 Å². The molecule has 2 aliphatic rings. The van der Waals surface area contributed by atoms with Crippen LogP contribution in [0.3, 0.4) is 0 Å². The van der Waals surface area contributed by atoms with E-state index in [4.69, 9.17) is 16.6 Å². The Labute approximate surface area is 193 Å². The van der Waals surface area contributed by atoms with Gasteiger partial charge < -0.3 is 0 Å². The molecule has 7 heteroatoms. The highest BCUT2D eigenvalue weighted by atomic mass is 35.5. The number of hydrogen-bond donors (Lipinski definition) is 0. The number of ketones is 1. The maximum absolute atomic E-state index is 14.2. The molecule has 0 saturated carbocycles. The highest BCUT2D eigenvalue weighted by Gasteiger charge is 2.41. The molecule has 0 radical (unpaired) electrons. The SMILES string of the molecule is CC1(C)CC(=O)C2=C(C1)N=c1sc(=Cc3ccccc3F)c(=O)n1C2c1ccccc1Cl. The van der Waals surface area contributed by atoms with Gasteiger partial charge in [0, 0.05) is 22.6 Å². The second-order valence-electron chi connectivity index (χ2n) is 8.93. The molecule has 0 spiro atoms. The first-order valence-corrected chi connectivity index (χ1v) is 11.5. The molecule has 1 aliphatic carbocycles. The molecule has 0 amide bonds. The number of fused-ring (bicyclic) bond motifs is 1. The van der Waals surface area contributed by atoms with E-state index in [1.165, 1.54) is 28.0 Å². The summed E-state index contributed by atoms with van der Waals surface area (Å²) >= 11 is 7.73. The molecule has 2 heterocycles. The van der Waals surface area contributed by atoms with Crippen LogP contribution in [0.5, 0.6) is 0 Å². The molecule has 1 aliphatic heterocycles. The zero-order chi connectivity index (χ0) is 22.6. The number of aromatic nitrogens is 1. The van der Waals surface area contributed by atoms with Crippen molar-refractivity contribution in [3.05, 3.63) is 101 Å². The van der Waals surface area contributed by atoms with Gasteiger partial charge >= 0.3 is 0 Å². The predicted octanol–water partition coefficient (Wildman–Crippen LogP) is 4.40. The Hall–Kier alpha value is -2.83. The van der Waals surface area contributed by atoms with Gasteiger partial charge in [0.05, 0.1) is 16.3 Å². The number of carbonyl (C=O) groups is 1. The molecular formula is C25H20ClFN2O2S. The summed E-state index contributed by atoms with van der Waals surface area (Å²) in [6, 6.07) is 12.9. The van der Waals surface area contributed by atoms with Gasteiger partial charge in [-0.25, -0.2) is 9.38 Å². The average molecular weight is 467 g/mol. The zero-order valence-corrected chi connectivity index (χ0v) is 19.1. The van der Waals surface area contributed by atoms with Crippen molar-refractivity contribution < 1.29 is 9.18 Å². The van der Waals surface area contributed by atoms with Crippen LogP contribution < -0.4 is 14.9 Å². The second-order valence-corrected chi connectivity index (χ2v) is 10.3. The summed E-state index contributed by atoms with van der Waals surface area (Å²) in [5, 5.41) is 0.479. The Morgan fingerprint density at radius 2 is 1.84 bits per heavy atom.